The lowest BCUT2D eigenvalue weighted by molar-refractivity contribution is -0.118. The van der Waals surface area contributed by atoms with Gasteiger partial charge in [0, 0.05) is 35.1 Å². The van der Waals surface area contributed by atoms with E-state index in [9.17, 15) is 9.59 Å². The third-order valence-corrected chi connectivity index (χ3v) is 4.26. The van der Waals surface area contributed by atoms with Crippen molar-refractivity contribution < 1.29 is 14.3 Å². The van der Waals surface area contributed by atoms with Crippen LogP contribution in [0.25, 0.3) is 0 Å². The fraction of sp³-hybridized carbons (Fsp3) is 0.263. The molecule has 2 aromatic carbocycles. The Kier molecular flexibility index (Phi) is 6.22. The summed E-state index contributed by atoms with van der Waals surface area (Å²) in [6.45, 7) is 3.20. The first-order valence-corrected chi connectivity index (χ1v) is 8.75. The van der Waals surface area contributed by atoms with Gasteiger partial charge in [0.1, 0.15) is 0 Å². The smallest absolute Gasteiger partial charge is 0.255 e. The van der Waals surface area contributed by atoms with E-state index in [0.29, 0.717) is 41.7 Å². The van der Waals surface area contributed by atoms with Crippen molar-refractivity contribution in [3.05, 3.63) is 59.1 Å². The summed E-state index contributed by atoms with van der Waals surface area (Å²) in [5.41, 5.74) is 1.86. The van der Waals surface area contributed by atoms with E-state index in [2.05, 4.69) is 15.5 Å². The average Bonchev–Trinajstić information content (AvgIpc) is 2.64. The van der Waals surface area contributed by atoms with Gasteiger partial charge in [-0.15, -0.1) is 0 Å². The summed E-state index contributed by atoms with van der Waals surface area (Å²) in [5.74, 6) is -0.282. The van der Waals surface area contributed by atoms with Crippen LogP contribution in [0.2, 0.25) is 5.02 Å². The Hall–Kier alpha value is -2.41. The number of nitrogens with zero attached hydrogens (tertiary/aromatic N) is 1. The lowest BCUT2D eigenvalue weighted by atomic mass is 10.2. The van der Waals surface area contributed by atoms with Crippen LogP contribution in [0.1, 0.15) is 10.4 Å². The van der Waals surface area contributed by atoms with Crippen LogP contribution < -0.4 is 10.6 Å². The molecule has 1 saturated heterocycles. The van der Waals surface area contributed by atoms with E-state index in [4.69, 9.17) is 16.3 Å². The van der Waals surface area contributed by atoms with Crippen molar-refractivity contribution in [2.24, 2.45) is 0 Å². The van der Waals surface area contributed by atoms with E-state index in [-0.39, 0.29) is 11.8 Å². The number of anilines is 2. The summed E-state index contributed by atoms with van der Waals surface area (Å²) in [5, 5.41) is 6.25. The Labute approximate surface area is 157 Å². The van der Waals surface area contributed by atoms with Crippen LogP contribution in [0.15, 0.2) is 48.5 Å². The van der Waals surface area contributed by atoms with Crippen molar-refractivity contribution in [2.75, 3.05) is 43.5 Å². The summed E-state index contributed by atoms with van der Waals surface area (Å²) < 4.78 is 5.27. The van der Waals surface area contributed by atoms with Crippen LogP contribution in [-0.2, 0) is 9.53 Å². The molecule has 0 aliphatic carbocycles. The van der Waals surface area contributed by atoms with Gasteiger partial charge in [0.05, 0.1) is 19.8 Å². The quantitative estimate of drug-likeness (QED) is 0.845. The molecule has 26 heavy (non-hydrogen) atoms. The molecule has 1 aliphatic rings. The highest BCUT2D eigenvalue weighted by Crippen LogP contribution is 2.16. The fourth-order valence-corrected chi connectivity index (χ4v) is 2.73. The van der Waals surface area contributed by atoms with Crippen LogP contribution in [0, 0.1) is 0 Å². The lowest BCUT2D eigenvalue weighted by Gasteiger charge is -2.25. The second-order valence-electron chi connectivity index (χ2n) is 5.98. The number of carbonyl (C=O) groups excluding carboxylic acids is 2. The number of amides is 2. The van der Waals surface area contributed by atoms with Crippen molar-refractivity contribution in [1.29, 1.82) is 0 Å². The van der Waals surface area contributed by atoms with Crippen molar-refractivity contribution in [3.63, 3.8) is 0 Å². The highest BCUT2D eigenvalue weighted by Gasteiger charge is 2.14. The summed E-state index contributed by atoms with van der Waals surface area (Å²) in [7, 11) is 0. The highest BCUT2D eigenvalue weighted by atomic mass is 35.5. The molecule has 0 unspecified atom stereocenters. The molecule has 6 nitrogen and oxygen atoms in total. The standard InChI is InChI=1S/C19H20ClN3O3/c20-15-3-1-14(2-4-15)19(25)22-17-7-5-16(6-8-17)21-18(24)13-23-9-11-26-12-10-23/h1-8H,9-13H2,(H,21,24)(H,22,25). The van der Waals surface area contributed by atoms with E-state index < -0.39 is 0 Å². The number of ether oxygens (including phenoxy) is 1. The first-order chi connectivity index (χ1) is 12.6. The number of rotatable bonds is 5. The molecule has 0 bridgehead atoms. The Morgan fingerprint density at radius 3 is 2.12 bits per heavy atom. The predicted octanol–water partition coefficient (Wildman–Crippen LogP) is 2.86. The zero-order chi connectivity index (χ0) is 18.4. The van der Waals surface area contributed by atoms with Gasteiger partial charge in [-0.05, 0) is 48.5 Å². The molecular weight excluding hydrogens is 354 g/mol. The van der Waals surface area contributed by atoms with Crippen LogP contribution in [-0.4, -0.2) is 49.6 Å². The van der Waals surface area contributed by atoms with Crippen LogP contribution in [0.5, 0.6) is 0 Å². The monoisotopic (exact) mass is 373 g/mol. The predicted molar refractivity (Wildman–Crippen MR) is 102 cm³/mol. The lowest BCUT2D eigenvalue weighted by Crippen LogP contribution is -2.41. The van der Waals surface area contributed by atoms with Gasteiger partial charge >= 0.3 is 0 Å². The van der Waals surface area contributed by atoms with Gasteiger partial charge in [-0.25, -0.2) is 0 Å². The molecule has 1 fully saturated rings. The van der Waals surface area contributed by atoms with E-state index in [1.165, 1.54) is 0 Å². The first-order valence-electron chi connectivity index (χ1n) is 8.37. The minimum absolute atomic E-state index is 0.0650. The molecule has 2 N–H and O–H groups in total. The molecule has 3 rings (SSSR count). The number of morpholine rings is 1. The molecule has 0 atom stereocenters. The topological polar surface area (TPSA) is 70.7 Å². The summed E-state index contributed by atoms with van der Waals surface area (Å²) in [6, 6.07) is 13.7. The molecule has 2 amide bonds. The zero-order valence-corrected chi connectivity index (χ0v) is 15.0. The molecule has 0 radical (unpaired) electrons. The van der Waals surface area contributed by atoms with Crippen molar-refractivity contribution in [3.8, 4) is 0 Å². The molecule has 1 aliphatic heterocycles. The van der Waals surface area contributed by atoms with E-state index in [0.717, 1.165) is 13.1 Å². The number of hydrogen-bond acceptors (Lipinski definition) is 4. The third kappa shape index (κ3) is 5.29. The fourth-order valence-electron chi connectivity index (χ4n) is 2.60. The van der Waals surface area contributed by atoms with Crippen LogP contribution in [0.4, 0.5) is 11.4 Å². The average molecular weight is 374 g/mol. The Morgan fingerprint density at radius 2 is 1.50 bits per heavy atom. The van der Waals surface area contributed by atoms with Gasteiger partial charge in [-0.3, -0.25) is 14.5 Å². The normalized spacial score (nSPS) is 14.7. The second kappa shape index (κ2) is 8.80. The van der Waals surface area contributed by atoms with Crippen LogP contribution >= 0.6 is 11.6 Å². The number of hydrogen-bond donors (Lipinski definition) is 2. The molecule has 7 heteroatoms. The van der Waals surface area contributed by atoms with Gasteiger partial charge in [0.2, 0.25) is 5.91 Å². The minimum Gasteiger partial charge on any atom is -0.379 e. The summed E-state index contributed by atoms with van der Waals surface area (Å²) in [6.07, 6.45) is 0. The highest BCUT2D eigenvalue weighted by molar-refractivity contribution is 6.30. The van der Waals surface area contributed by atoms with E-state index in [1.807, 2.05) is 0 Å². The van der Waals surface area contributed by atoms with Crippen molar-refractivity contribution in [2.45, 2.75) is 0 Å². The maximum atomic E-state index is 12.2. The Balaban J connectivity index is 1.52. The van der Waals surface area contributed by atoms with Crippen LogP contribution in [0.3, 0.4) is 0 Å². The zero-order valence-electron chi connectivity index (χ0n) is 14.2. The summed E-state index contributed by atoms with van der Waals surface area (Å²) in [4.78, 5) is 26.3. The van der Waals surface area contributed by atoms with Gasteiger partial charge < -0.3 is 15.4 Å². The maximum absolute atomic E-state index is 12.2. The molecule has 0 aromatic heterocycles. The Bertz CT molecular complexity index is 757. The maximum Gasteiger partial charge on any atom is 0.255 e. The van der Waals surface area contributed by atoms with Crippen molar-refractivity contribution >= 4 is 34.8 Å². The molecule has 0 spiro atoms. The van der Waals surface area contributed by atoms with E-state index >= 15 is 0 Å². The first kappa shape index (κ1) is 18.4. The molecule has 2 aromatic rings. The minimum atomic E-state index is -0.217. The van der Waals surface area contributed by atoms with Gasteiger partial charge in [-0.1, -0.05) is 11.6 Å². The molecule has 1 heterocycles. The number of halogens is 1. The summed E-state index contributed by atoms with van der Waals surface area (Å²) >= 11 is 5.82. The van der Waals surface area contributed by atoms with Gasteiger partial charge in [0.15, 0.2) is 0 Å². The SMILES string of the molecule is O=C(CN1CCOCC1)Nc1ccc(NC(=O)c2ccc(Cl)cc2)cc1. The van der Waals surface area contributed by atoms with E-state index in [1.54, 1.807) is 48.5 Å². The number of nitrogens with one attached hydrogen (secondary N) is 2. The third-order valence-electron chi connectivity index (χ3n) is 4.00. The van der Waals surface area contributed by atoms with Gasteiger partial charge in [-0.2, -0.15) is 0 Å². The largest absolute Gasteiger partial charge is 0.379 e. The number of benzene rings is 2. The second-order valence-corrected chi connectivity index (χ2v) is 6.41. The molecular formula is C19H20ClN3O3. The molecule has 136 valence electrons. The molecule has 0 saturated carbocycles. The van der Waals surface area contributed by atoms with Gasteiger partial charge in [0.25, 0.3) is 5.91 Å². The Morgan fingerprint density at radius 1 is 0.923 bits per heavy atom. The number of carbonyl (C=O) groups is 2. The van der Waals surface area contributed by atoms with Crippen molar-refractivity contribution in [1.82, 2.24) is 4.90 Å².